The third-order valence-corrected chi connectivity index (χ3v) is 4.45. The zero-order chi connectivity index (χ0) is 18.8. The first-order valence-corrected chi connectivity index (χ1v) is 9.80. The average molecular weight is 492 g/mol. The van der Waals surface area contributed by atoms with Gasteiger partial charge in [0.2, 0.25) is 0 Å². The summed E-state index contributed by atoms with van der Waals surface area (Å²) in [6.45, 7) is 11.0. The molecule has 2 rings (SSSR count). The molecule has 1 heterocycles. The van der Waals surface area contributed by atoms with E-state index < -0.39 is 0 Å². The van der Waals surface area contributed by atoms with Gasteiger partial charge in [-0.05, 0) is 51.8 Å². The molecular formula is C20H34FIN4O. The number of halogens is 2. The van der Waals surface area contributed by atoms with E-state index in [2.05, 4.69) is 34.4 Å². The number of nitrogens with one attached hydrogen (secondary N) is 2. The summed E-state index contributed by atoms with van der Waals surface area (Å²) in [7, 11) is 0. The monoisotopic (exact) mass is 492 g/mol. The number of hydrogen-bond donors (Lipinski definition) is 2. The molecule has 1 aromatic carbocycles. The first kappa shape index (κ1) is 23.9. The zero-order valence-electron chi connectivity index (χ0n) is 16.7. The SMILES string of the molecule is CCCN1CCC(NC(=NCC(C)Oc2cccc(F)c2)NCC)CC1.I. The Morgan fingerprint density at radius 1 is 1.33 bits per heavy atom. The molecule has 154 valence electrons. The van der Waals surface area contributed by atoms with E-state index in [-0.39, 0.29) is 35.9 Å². The lowest BCUT2D eigenvalue weighted by Crippen LogP contribution is -2.49. The van der Waals surface area contributed by atoms with Gasteiger partial charge in [-0.1, -0.05) is 13.0 Å². The van der Waals surface area contributed by atoms with Gasteiger partial charge in [0.1, 0.15) is 17.7 Å². The van der Waals surface area contributed by atoms with Crippen molar-refractivity contribution in [3.8, 4) is 5.75 Å². The Hall–Kier alpha value is -1.09. The Balaban J connectivity index is 0.00000364. The van der Waals surface area contributed by atoms with Crippen LogP contribution >= 0.6 is 24.0 Å². The van der Waals surface area contributed by atoms with Crippen LogP contribution in [-0.2, 0) is 0 Å². The normalized spacial score (nSPS) is 17.1. The summed E-state index contributed by atoms with van der Waals surface area (Å²) in [6.07, 6.45) is 3.36. The number of benzene rings is 1. The average Bonchev–Trinajstić information content (AvgIpc) is 2.62. The topological polar surface area (TPSA) is 48.9 Å². The van der Waals surface area contributed by atoms with Crippen molar-refractivity contribution in [3.63, 3.8) is 0 Å². The number of likely N-dealkylation sites (tertiary alicyclic amines) is 1. The molecule has 0 saturated carbocycles. The molecule has 0 aliphatic carbocycles. The van der Waals surface area contributed by atoms with Crippen molar-refractivity contribution in [2.24, 2.45) is 4.99 Å². The lowest BCUT2D eigenvalue weighted by atomic mass is 10.1. The number of piperidine rings is 1. The molecule has 0 spiro atoms. The lowest BCUT2D eigenvalue weighted by molar-refractivity contribution is 0.206. The van der Waals surface area contributed by atoms with Crippen molar-refractivity contribution in [1.29, 1.82) is 0 Å². The molecule has 0 aromatic heterocycles. The summed E-state index contributed by atoms with van der Waals surface area (Å²) in [4.78, 5) is 7.17. The van der Waals surface area contributed by atoms with Crippen LogP contribution in [0.25, 0.3) is 0 Å². The fourth-order valence-electron chi connectivity index (χ4n) is 3.16. The molecule has 1 unspecified atom stereocenters. The Labute approximate surface area is 180 Å². The number of guanidine groups is 1. The molecule has 1 aromatic rings. The number of aliphatic imine (C=N–C) groups is 1. The molecule has 2 N–H and O–H groups in total. The van der Waals surface area contributed by atoms with Crippen molar-refractivity contribution in [3.05, 3.63) is 30.1 Å². The summed E-state index contributed by atoms with van der Waals surface area (Å²) in [6, 6.07) is 6.68. The highest BCUT2D eigenvalue weighted by Gasteiger charge is 2.19. The highest BCUT2D eigenvalue weighted by Crippen LogP contribution is 2.14. The smallest absolute Gasteiger partial charge is 0.191 e. The highest BCUT2D eigenvalue weighted by atomic mass is 127. The molecule has 1 aliphatic heterocycles. The van der Waals surface area contributed by atoms with Crippen LogP contribution in [-0.4, -0.2) is 55.7 Å². The minimum atomic E-state index is -0.289. The van der Waals surface area contributed by atoms with Crippen LogP contribution in [0.15, 0.2) is 29.3 Å². The summed E-state index contributed by atoms with van der Waals surface area (Å²) < 4.78 is 19.0. The van der Waals surface area contributed by atoms with E-state index in [9.17, 15) is 4.39 Å². The van der Waals surface area contributed by atoms with Crippen LogP contribution in [0.1, 0.15) is 40.0 Å². The second-order valence-electron chi connectivity index (χ2n) is 6.87. The van der Waals surface area contributed by atoms with E-state index >= 15 is 0 Å². The first-order valence-electron chi connectivity index (χ1n) is 9.80. The summed E-state index contributed by atoms with van der Waals surface area (Å²) in [5.74, 6) is 1.08. The number of ether oxygens (including phenoxy) is 1. The van der Waals surface area contributed by atoms with E-state index in [1.165, 1.54) is 25.1 Å². The third-order valence-electron chi connectivity index (χ3n) is 4.45. The van der Waals surface area contributed by atoms with Gasteiger partial charge in [0.15, 0.2) is 5.96 Å². The Kier molecular flexibility index (Phi) is 11.7. The third kappa shape index (κ3) is 9.10. The minimum absolute atomic E-state index is 0. The van der Waals surface area contributed by atoms with Crippen LogP contribution in [0.4, 0.5) is 4.39 Å². The van der Waals surface area contributed by atoms with Crippen LogP contribution in [0.5, 0.6) is 5.75 Å². The maximum Gasteiger partial charge on any atom is 0.191 e. The van der Waals surface area contributed by atoms with Crippen LogP contribution in [0.2, 0.25) is 0 Å². The van der Waals surface area contributed by atoms with Crippen molar-refractivity contribution in [2.45, 2.75) is 52.2 Å². The highest BCUT2D eigenvalue weighted by molar-refractivity contribution is 14.0. The molecule has 27 heavy (non-hydrogen) atoms. The van der Waals surface area contributed by atoms with E-state index in [1.54, 1.807) is 12.1 Å². The maximum atomic E-state index is 13.2. The van der Waals surface area contributed by atoms with Gasteiger partial charge in [-0.3, -0.25) is 0 Å². The lowest BCUT2D eigenvalue weighted by Gasteiger charge is -2.32. The Morgan fingerprint density at radius 2 is 2.07 bits per heavy atom. The van der Waals surface area contributed by atoms with Crippen LogP contribution in [0.3, 0.4) is 0 Å². The standard InChI is InChI=1S/C20H33FN4O.HI/c1-4-11-25-12-9-18(10-13-25)24-20(22-5-2)23-15-16(3)26-19-8-6-7-17(21)14-19;/h6-8,14,16,18H,4-5,9-13,15H2,1-3H3,(H2,22,23,24);1H. The molecule has 0 radical (unpaired) electrons. The molecule has 5 nitrogen and oxygen atoms in total. The Bertz CT molecular complexity index is 565. The van der Waals surface area contributed by atoms with Gasteiger partial charge in [0, 0.05) is 31.7 Å². The quantitative estimate of drug-likeness (QED) is 0.331. The zero-order valence-corrected chi connectivity index (χ0v) is 19.0. The maximum absolute atomic E-state index is 13.2. The second kappa shape index (κ2) is 13.1. The van der Waals surface area contributed by atoms with Gasteiger partial charge in [0.25, 0.3) is 0 Å². The van der Waals surface area contributed by atoms with Gasteiger partial charge < -0.3 is 20.3 Å². The van der Waals surface area contributed by atoms with Crippen molar-refractivity contribution in [2.75, 3.05) is 32.7 Å². The molecule has 7 heteroatoms. The molecule has 1 aliphatic rings. The summed E-state index contributed by atoms with van der Waals surface area (Å²) in [5.41, 5.74) is 0. The molecule has 0 amide bonds. The van der Waals surface area contributed by atoms with Crippen LogP contribution in [0, 0.1) is 5.82 Å². The molecular weight excluding hydrogens is 458 g/mol. The van der Waals surface area contributed by atoms with Gasteiger partial charge >= 0.3 is 0 Å². The molecule has 1 atom stereocenters. The molecule has 0 bridgehead atoms. The minimum Gasteiger partial charge on any atom is -0.489 e. The number of rotatable bonds is 8. The van der Waals surface area contributed by atoms with Gasteiger partial charge in [0.05, 0.1) is 6.54 Å². The van der Waals surface area contributed by atoms with Crippen molar-refractivity contribution in [1.82, 2.24) is 15.5 Å². The van der Waals surface area contributed by atoms with Crippen molar-refractivity contribution >= 4 is 29.9 Å². The summed E-state index contributed by atoms with van der Waals surface area (Å²) in [5, 5.41) is 6.85. The van der Waals surface area contributed by atoms with Gasteiger partial charge in [-0.2, -0.15) is 0 Å². The van der Waals surface area contributed by atoms with E-state index in [0.29, 0.717) is 18.3 Å². The predicted octanol–water partition coefficient (Wildman–Crippen LogP) is 3.64. The van der Waals surface area contributed by atoms with Crippen molar-refractivity contribution < 1.29 is 9.13 Å². The van der Waals surface area contributed by atoms with E-state index in [0.717, 1.165) is 38.4 Å². The molecule has 1 fully saturated rings. The van der Waals surface area contributed by atoms with E-state index in [4.69, 9.17) is 4.74 Å². The van der Waals surface area contributed by atoms with Crippen LogP contribution < -0.4 is 15.4 Å². The second-order valence-corrected chi connectivity index (χ2v) is 6.87. The first-order chi connectivity index (χ1) is 12.6. The molecule has 1 saturated heterocycles. The van der Waals surface area contributed by atoms with E-state index in [1.807, 2.05) is 6.92 Å². The Morgan fingerprint density at radius 3 is 2.70 bits per heavy atom. The largest absolute Gasteiger partial charge is 0.489 e. The van der Waals surface area contributed by atoms with Gasteiger partial charge in [-0.25, -0.2) is 9.38 Å². The van der Waals surface area contributed by atoms with Gasteiger partial charge in [-0.15, -0.1) is 24.0 Å². The number of nitrogens with zero attached hydrogens (tertiary/aromatic N) is 2. The number of hydrogen-bond acceptors (Lipinski definition) is 3. The fraction of sp³-hybridized carbons (Fsp3) is 0.650. The fourth-order valence-corrected chi connectivity index (χ4v) is 3.16. The summed E-state index contributed by atoms with van der Waals surface area (Å²) >= 11 is 0. The predicted molar refractivity (Wildman–Crippen MR) is 121 cm³/mol.